The molecule has 1 amide bonds. The number of hydrogen-bond acceptors (Lipinski definition) is 4. The van der Waals surface area contributed by atoms with Crippen molar-refractivity contribution in [1.82, 2.24) is 14.5 Å². The maximum Gasteiger partial charge on any atom is 0.331 e. The Labute approximate surface area is 134 Å². The van der Waals surface area contributed by atoms with E-state index in [1.54, 1.807) is 13.0 Å². The maximum absolute atomic E-state index is 12.2. The lowest BCUT2D eigenvalue weighted by atomic mass is 10.1. The number of aromatic nitrogens is 2. The molecule has 1 heterocycles. The minimum Gasteiger partial charge on any atom is -0.352 e. The van der Waals surface area contributed by atoms with Crippen LogP contribution in [-0.4, -0.2) is 21.1 Å². The van der Waals surface area contributed by atoms with Gasteiger partial charge in [0, 0.05) is 18.8 Å². The molecule has 124 valence electrons. The van der Waals surface area contributed by atoms with Crippen molar-refractivity contribution in [1.29, 1.82) is 5.26 Å². The third-order valence-corrected chi connectivity index (χ3v) is 4.22. The highest BCUT2D eigenvalue weighted by molar-refractivity contribution is 5.76. The smallest absolute Gasteiger partial charge is 0.331 e. The van der Waals surface area contributed by atoms with Crippen LogP contribution in [0.3, 0.4) is 0 Å². The molecular weight excluding hydrogens is 296 g/mol. The molecular formula is C16H22N4O3. The van der Waals surface area contributed by atoms with E-state index in [-0.39, 0.29) is 24.1 Å². The standard InChI is InChI=1S/C16H22N4O3/c1-2-19-10-12(9-17)15(22)20(16(19)23)11-14(21)18-13-7-5-3-4-6-8-13/h10,13H,2-8,11H2,1H3,(H,18,21). The molecule has 0 unspecified atom stereocenters. The lowest BCUT2D eigenvalue weighted by Gasteiger charge is -2.17. The van der Waals surface area contributed by atoms with Gasteiger partial charge in [-0.3, -0.25) is 14.2 Å². The number of amides is 1. The lowest BCUT2D eigenvalue weighted by Crippen LogP contribution is -2.46. The maximum atomic E-state index is 12.2. The van der Waals surface area contributed by atoms with Gasteiger partial charge in [0.05, 0.1) is 0 Å². The average molecular weight is 318 g/mol. The number of hydrogen-bond donors (Lipinski definition) is 1. The van der Waals surface area contributed by atoms with Gasteiger partial charge in [0.15, 0.2) is 0 Å². The Morgan fingerprint density at radius 2 is 1.96 bits per heavy atom. The largest absolute Gasteiger partial charge is 0.352 e. The first-order chi connectivity index (χ1) is 11.1. The fourth-order valence-electron chi connectivity index (χ4n) is 2.94. The molecule has 1 aromatic heterocycles. The second kappa shape index (κ2) is 7.77. The van der Waals surface area contributed by atoms with E-state index in [1.807, 2.05) is 0 Å². The molecule has 0 bridgehead atoms. The molecule has 0 aromatic carbocycles. The zero-order valence-corrected chi connectivity index (χ0v) is 13.4. The molecule has 7 heteroatoms. The number of nitriles is 1. The molecule has 1 N–H and O–H groups in total. The van der Waals surface area contributed by atoms with Crippen molar-refractivity contribution in [3.63, 3.8) is 0 Å². The Morgan fingerprint density at radius 3 is 2.52 bits per heavy atom. The van der Waals surface area contributed by atoms with Crippen LogP contribution in [0.25, 0.3) is 0 Å². The highest BCUT2D eigenvalue weighted by atomic mass is 16.2. The van der Waals surface area contributed by atoms with E-state index in [0.717, 1.165) is 30.3 Å². The Hall–Kier alpha value is -2.36. The first kappa shape index (κ1) is 17.0. The number of rotatable bonds is 4. The van der Waals surface area contributed by atoms with Crippen LogP contribution in [0.1, 0.15) is 51.0 Å². The van der Waals surface area contributed by atoms with E-state index in [4.69, 9.17) is 5.26 Å². The van der Waals surface area contributed by atoms with Gasteiger partial charge in [0.2, 0.25) is 5.91 Å². The van der Waals surface area contributed by atoms with Gasteiger partial charge in [-0.1, -0.05) is 25.7 Å². The summed E-state index contributed by atoms with van der Waals surface area (Å²) in [5.74, 6) is -0.353. The Kier molecular flexibility index (Phi) is 5.74. The van der Waals surface area contributed by atoms with Crippen LogP contribution < -0.4 is 16.6 Å². The van der Waals surface area contributed by atoms with Crippen LogP contribution in [0.15, 0.2) is 15.8 Å². The topological polar surface area (TPSA) is 96.9 Å². The van der Waals surface area contributed by atoms with E-state index in [2.05, 4.69) is 5.32 Å². The summed E-state index contributed by atoms with van der Waals surface area (Å²) in [6.07, 6.45) is 7.61. The van der Waals surface area contributed by atoms with Crippen LogP contribution in [0.2, 0.25) is 0 Å². The average Bonchev–Trinajstić information content (AvgIpc) is 2.80. The quantitative estimate of drug-likeness (QED) is 0.828. The van der Waals surface area contributed by atoms with Crippen molar-refractivity contribution < 1.29 is 4.79 Å². The van der Waals surface area contributed by atoms with E-state index in [0.29, 0.717) is 6.54 Å². The van der Waals surface area contributed by atoms with Gasteiger partial charge in [-0.05, 0) is 19.8 Å². The van der Waals surface area contributed by atoms with E-state index in [9.17, 15) is 14.4 Å². The van der Waals surface area contributed by atoms with Gasteiger partial charge >= 0.3 is 5.69 Å². The van der Waals surface area contributed by atoms with Gasteiger partial charge in [-0.25, -0.2) is 9.36 Å². The number of carbonyl (C=O) groups is 1. The highest BCUT2D eigenvalue weighted by Crippen LogP contribution is 2.17. The molecule has 0 spiro atoms. The zero-order chi connectivity index (χ0) is 16.8. The van der Waals surface area contributed by atoms with Crippen molar-refractivity contribution in [2.45, 2.75) is 64.6 Å². The van der Waals surface area contributed by atoms with Crippen LogP contribution >= 0.6 is 0 Å². The zero-order valence-electron chi connectivity index (χ0n) is 13.4. The van der Waals surface area contributed by atoms with Gasteiger partial charge in [0.1, 0.15) is 18.2 Å². The summed E-state index contributed by atoms with van der Waals surface area (Å²) in [5.41, 5.74) is -1.40. The van der Waals surface area contributed by atoms with Crippen molar-refractivity contribution in [2.24, 2.45) is 0 Å². The molecule has 1 aliphatic carbocycles. The Morgan fingerprint density at radius 1 is 1.30 bits per heavy atom. The summed E-state index contributed by atoms with van der Waals surface area (Å²) >= 11 is 0. The number of carbonyl (C=O) groups excluding carboxylic acids is 1. The molecule has 0 aliphatic heterocycles. The predicted molar refractivity (Wildman–Crippen MR) is 85.0 cm³/mol. The van der Waals surface area contributed by atoms with Crippen molar-refractivity contribution >= 4 is 5.91 Å². The summed E-state index contributed by atoms with van der Waals surface area (Å²) in [6, 6.07) is 1.88. The molecule has 2 rings (SSSR count). The summed E-state index contributed by atoms with van der Waals surface area (Å²) in [6.45, 7) is 1.73. The first-order valence-electron chi connectivity index (χ1n) is 8.10. The molecule has 23 heavy (non-hydrogen) atoms. The van der Waals surface area contributed by atoms with Gasteiger partial charge < -0.3 is 5.32 Å². The summed E-state index contributed by atoms with van der Waals surface area (Å²) in [5, 5.41) is 11.9. The predicted octanol–water partition coefficient (Wildman–Crippen LogP) is 0.741. The summed E-state index contributed by atoms with van der Waals surface area (Å²) < 4.78 is 2.10. The third kappa shape index (κ3) is 4.09. The van der Waals surface area contributed by atoms with Crippen LogP contribution in [0.5, 0.6) is 0 Å². The van der Waals surface area contributed by atoms with Crippen molar-refractivity contribution in [3.8, 4) is 6.07 Å². The molecule has 1 saturated carbocycles. The molecule has 0 radical (unpaired) electrons. The first-order valence-corrected chi connectivity index (χ1v) is 8.10. The Balaban J connectivity index is 2.19. The van der Waals surface area contributed by atoms with Crippen LogP contribution in [0, 0.1) is 11.3 Å². The minimum absolute atomic E-state index is 0.105. The van der Waals surface area contributed by atoms with Crippen LogP contribution in [-0.2, 0) is 17.9 Å². The van der Waals surface area contributed by atoms with Gasteiger partial charge in [-0.2, -0.15) is 5.26 Å². The normalized spacial score (nSPS) is 15.7. The van der Waals surface area contributed by atoms with E-state index >= 15 is 0 Å². The van der Waals surface area contributed by atoms with E-state index < -0.39 is 11.2 Å². The van der Waals surface area contributed by atoms with Gasteiger partial charge in [-0.15, -0.1) is 0 Å². The second-order valence-corrected chi connectivity index (χ2v) is 5.87. The molecule has 1 fully saturated rings. The second-order valence-electron chi connectivity index (χ2n) is 5.87. The third-order valence-electron chi connectivity index (χ3n) is 4.22. The van der Waals surface area contributed by atoms with Crippen molar-refractivity contribution in [2.75, 3.05) is 0 Å². The molecule has 7 nitrogen and oxygen atoms in total. The highest BCUT2D eigenvalue weighted by Gasteiger charge is 2.17. The van der Waals surface area contributed by atoms with E-state index in [1.165, 1.54) is 23.6 Å². The fraction of sp³-hybridized carbons (Fsp3) is 0.625. The SMILES string of the molecule is CCn1cc(C#N)c(=O)n(CC(=O)NC2CCCCCC2)c1=O. The Bertz CT molecular complexity index is 718. The molecule has 0 saturated heterocycles. The number of nitrogens with one attached hydrogen (secondary N) is 1. The molecule has 0 atom stereocenters. The van der Waals surface area contributed by atoms with Crippen molar-refractivity contribution in [3.05, 3.63) is 32.6 Å². The lowest BCUT2D eigenvalue weighted by molar-refractivity contribution is -0.122. The monoisotopic (exact) mass is 318 g/mol. The number of aryl methyl sites for hydroxylation is 1. The fourth-order valence-corrected chi connectivity index (χ4v) is 2.94. The van der Waals surface area contributed by atoms with Gasteiger partial charge in [0.25, 0.3) is 5.56 Å². The number of nitrogens with zero attached hydrogens (tertiary/aromatic N) is 3. The molecule has 1 aromatic rings. The minimum atomic E-state index is -0.710. The van der Waals surface area contributed by atoms with Crippen LogP contribution in [0.4, 0.5) is 0 Å². The summed E-state index contributed by atoms with van der Waals surface area (Å²) in [7, 11) is 0. The molecule has 1 aliphatic rings. The summed E-state index contributed by atoms with van der Waals surface area (Å²) in [4.78, 5) is 36.5.